The van der Waals surface area contributed by atoms with Gasteiger partial charge in [-0.05, 0) is 25.1 Å². The number of ether oxygens (including phenoxy) is 1. The van der Waals surface area contributed by atoms with Crippen LogP contribution < -0.4 is 15.0 Å². The van der Waals surface area contributed by atoms with Crippen molar-refractivity contribution in [3.8, 4) is 5.75 Å². The minimum atomic E-state index is -1.08. The second-order valence-electron chi connectivity index (χ2n) is 5.34. The molecule has 1 aliphatic heterocycles. The maximum atomic E-state index is 12.0. The van der Waals surface area contributed by atoms with Gasteiger partial charge in [-0.3, -0.25) is 4.79 Å². The Balaban J connectivity index is 2.58. The summed E-state index contributed by atoms with van der Waals surface area (Å²) in [6.07, 6.45) is -1.08. The molecule has 1 heterocycles. The summed E-state index contributed by atoms with van der Waals surface area (Å²) >= 11 is 0. The van der Waals surface area contributed by atoms with Crippen LogP contribution in [0, 0.1) is 5.92 Å². The predicted molar refractivity (Wildman–Crippen MR) is 78.7 cm³/mol. The Morgan fingerprint density at radius 2 is 2.00 bits per heavy atom. The fourth-order valence-electron chi connectivity index (χ4n) is 2.94. The molecule has 0 bridgehead atoms. The van der Waals surface area contributed by atoms with Gasteiger partial charge in [0.05, 0.1) is 13.2 Å². The van der Waals surface area contributed by atoms with E-state index in [1.165, 1.54) is 6.92 Å². The second-order valence-corrected chi connectivity index (χ2v) is 5.34. The fourth-order valence-corrected chi connectivity index (χ4v) is 2.94. The van der Waals surface area contributed by atoms with Gasteiger partial charge in [0.15, 0.2) is 0 Å². The summed E-state index contributed by atoms with van der Waals surface area (Å²) in [5, 5.41) is 11.6. The van der Waals surface area contributed by atoms with E-state index in [0.717, 1.165) is 11.3 Å². The highest BCUT2D eigenvalue weighted by atomic mass is 16.5. The largest absolute Gasteiger partial charge is 0.497 e. The Bertz CT molecular complexity index is 573. The zero-order valence-electron chi connectivity index (χ0n) is 12.6. The maximum absolute atomic E-state index is 12.0. The summed E-state index contributed by atoms with van der Waals surface area (Å²) in [5.41, 5.74) is 1.49. The third kappa shape index (κ3) is 2.66. The normalized spacial score (nSPS) is 24.2. The smallest absolute Gasteiger partial charge is 0.405 e. The van der Waals surface area contributed by atoms with E-state index in [1.54, 1.807) is 30.2 Å². The highest BCUT2D eigenvalue weighted by Crippen LogP contribution is 2.42. The first-order valence-corrected chi connectivity index (χ1v) is 6.84. The van der Waals surface area contributed by atoms with Gasteiger partial charge in [-0.2, -0.15) is 0 Å². The number of benzene rings is 1. The molecule has 0 radical (unpaired) electrons. The van der Waals surface area contributed by atoms with Gasteiger partial charge in [0, 0.05) is 30.1 Å². The number of anilines is 1. The molecule has 6 heteroatoms. The molecule has 0 aromatic heterocycles. The number of carbonyl (C=O) groups is 2. The van der Waals surface area contributed by atoms with Crippen molar-refractivity contribution in [3.63, 3.8) is 0 Å². The number of amides is 2. The van der Waals surface area contributed by atoms with Crippen LogP contribution in [0.2, 0.25) is 0 Å². The first kappa shape index (κ1) is 15.2. The van der Waals surface area contributed by atoms with Crippen LogP contribution in [0.5, 0.6) is 5.75 Å². The molecule has 0 saturated heterocycles. The molecule has 0 spiro atoms. The molecule has 0 saturated carbocycles. The zero-order valence-corrected chi connectivity index (χ0v) is 12.6. The standard InChI is InChI=1S/C15H20N2O4/c1-8-9(2)17(10(3)18)13-6-5-11(21-4)7-12(13)14(8)16-15(19)20/h5-9,14,16H,1-4H3,(H,19,20)/t8-,9-,14+/m0/s1. The molecular formula is C15H20N2O4. The fraction of sp³-hybridized carbons (Fsp3) is 0.467. The molecule has 1 aliphatic rings. The van der Waals surface area contributed by atoms with E-state index in [4.69, 9.17) is 9.84 Å². The first-order valence-electron chi connectivity index (χ1n) is 6.84. The van der Waals surface area contributed by atoms with Gasteiger partial charge < -0.3 is 20.1 Å². The van der Waals surface area contributed by atoms with Crippen LogP contribution >= 0.6 is 0 Å². The van der Waals surface area contributed by atoms with Crippen LogP contribution in [0.15, 0.2) is 18.2 Å². The summed E-state index contributed by atoms with van der Waals surface area (Å²) in [7, 11) is 1.55. The van der Waals surface area contributed by atoms with Crippen molar-refractivity contribution in [1.29, 1.82) is 0 Å². The first-order chi connectivity index (χ1) is 9.86. The summed E-state index contributed by atoms with van der Waals surface area (Å²) in [6.45, 7) is 5.38. The van der Waals surface area contributed by atoms with Crippen LogP contribution in [0.3, 0.4) is 0 Å². The Morgan fingerprint density at radius 1 is 1.33 bits per heavy atom. The average Bonchev–Trinajstić information content (AvgIpc) is 2.43. The second kappa shape index (κ2) is 5.63. The molecule has 6 nitrogen and oxygen atoms in total. The Labute approximate surface area is 123 Å². The van der Waals surface area contributed by atoms with E-state index in [-0.39, 0.29) is 23.9 Å². The Morgan fingerprint density at radius 3 is 2.52 bits per heavy atom. The number of hydrogen-bond donors (Lipinski definition) is 2. The minimum Gasteiger partial charge on any atom is -0.497 e. The van der Waals surface area contributed by atoms with E-state index < -0.39 is 6.09 Å². The molecule has 2 rings (SSSR count). The van der Waals surface area contributed by atoms with Crippen LogP contribution in [-0.2, 0) is 4.79 Å². The van der Waals surface area contributed by atoms with Gasteiger partial charge in [0.25, 0.3) is 0 Å². The lowest BCUT2D eigenvalue weighted by atomic mass is 9.83. The molecule has 3 atom stereocenters. The zero-order chi connectivity index (χ0) is 15.7. The molecular weight excluding hydrogens is 272 g/mol. The summed E-state index contributed by atoms with van der Waals surface area (Å²) in [6, 6.07) is 4.89. The number of carboxylic acid groups (broad SMARTS) is 1. The van der Waals surface area contributed by atoms with E-state index in [2.05, 4.69) is 5.32 Å². The van der Waals surface area contributed by atoms with Crippen LogP contribution in [-0.4, -0.2) is 30.3 Å². The van der Waals surface area contributed by atoms with E-state index in [1.807, 2.05) is 13.8 Å². The molecule has 0 unspecified atom stereocenters. The molecule has 21 heavy (non-hydrogen) atoms. The van der Waals surface area contributed by atoms with Gasteiger partial charge in [-0.15, -0.1) is 0 Å². The molecule has 2 amide bonds. The number of rotatable bonds is 2. The van der Waals surface area contributed by atoms with Crippen molar-refractivity contribution >= 4 is 17.7 Å². The van der Waals surface area contributed by atoms with Crippen molar-refractivity contribution in [3.05, 3.63) is 23.8 Å². The molecule has 1 aromatic rings. The van der Waals surface area contributed by atoms with Crippen LogP contribution in [0.25, 0.3) is 0 Å². The summed E-state index contributed by atoms with van der Waals surface area (Å²) < 4.78 is 5.21. The SMILES string of the molecule is COc1ccc2c(c1)[C@H](NC(=O)O)[C@@H](C)[C@H](C)N2C(C)=O. The molecule has 0 fully saturated rings. The number of nitrogens with zero attached hydrogens (tertiary/aromatic N) is 1. The average molecular weight is 292 g/mol. The number of fused-ring (bicyclic) bond motifs is 1. The molecule has 2 N–H and O–H groups in total. The van der Waals surface area contributed by atoms with E-state index >= 15 is 0 Å². The van der Waals surface area contributed by atoms with Crippen molar-refractivity contribution in [1.82, 2.24) is 5.32 Å². The van der Waals surface area contributed by atoms with Crippen LogP contribution in [0.1, 0.15) is 32.4 Å². The third-order valence-electron chi connectivity index (χ3n) is 4.14. The maximum Gasteiger partial charge on any atom is 0.405 e. The van der Waals surface area contributed by atoms with Crippen molar-refractivity contribution in [2.24, 2.45) is 5.92 Å². The van der Waals surface area contributed by atoms with Crippen molar-refractivity contribution < 1.29 is 19.4 Å². The van der Waals surface area contributed by atoms with E-state index in [9.17, 15) is 9.59 Å². The van der Waals surface area contributed by atoms with Gasteiger partial charge in [-0.1, -0.05) is 6.92 Å². The highest BCUT2D eigenvalue weighted by Gasteiger charge is 2.39. The van der Waals surface area contributed by atoms with Crippen molar-refractivity contribution in [2.75, 3.05) is 12.0 Å². The lowest BCUT2D eigenvalue weighted by Gasteiger charge is -2.43. The minimum absolute atomic E-state index is 0.0513. The number of nitrogens with one attached hydrogen (secondary N) is 1. The highest BCUT2D eigenvalue weighted by molar-refractivity contribution is 5.94. The number of methoxy groups -OCH3 is 1. The molecule has 114 valence electrons. The Kier molecular flexibility index (Phi) is 4.06. The molecule has 0 aliphatic carbocycles. The van der Waals surface area contributed by atoms with Crippen molar-refractivity contribution in [2.45, 2.75) is 32.9 Å². The topological polar surface area (TPSA) is 78.9 Å². The number of hydrogen-bond acceptors (Lipinski definition) is 3. The monoisotopic (exact) mass is 292 g/mol. The van der Waals surface area contributed by atoms with Gasteiger partial charge >= 0.3 is 6.09 Å². The lowest BCUT2D eigenvalue weighted by Crippen LogP contribution is -2.50. The predicted octanol–water partition coefficient (Wildman–Crippen LogP) is 2.40. The van der Waals surface area contributed by atoms with E-state index in [0.29, 0.717) is 5.75 Å². The summed E-state index contributed by atoms with van der Waals surface area (Å²) in [4.78, 5) is 24.7. The third-order valence-corrected chi connectivity index (χ3v) is 4.14. The van der Waals surface area contributed by atoms with Crippen LogP contribution in [0.4, 0.5) is 10.5 Å². The molecule has 1 aromatic carbocycles. The van der Waals surface area contributed by atoms with Gasteiger partial charge in [0.1, 0.15) is 5.75 Å². The lowest BCUT2D eigenvalue weighted by molar-refractivity contribution is -0.117. The van der Waals surface area contributed by atoms with Gasteiger partial charge in [-0.25, -0.2) is 4.79 Å². The van der Waals surface area contributed by atoms with Gasteiger partial charge in [0.2, 0.25) is 5.91 Å². The summed E-state index contributed by atoms with van der Waals surface area (Å²) in [5.74, 6) is 0.523. The quantitative estimate of drug-likeness (QED) is 0.877. The number of carbonyl (C=O) groups excluding carboxylic acids is 1. The Hall–Kier alpha value is -2.24.